The molecule has 4 heterocycles. The molecule has 0 atom stereocenters. The summed E-state index contributed by atoms with van der Waals surface area (Å²) < 4.78 is 7.30. The first-order valence-corrected chi connectivity index (χ1v) is 16.9. The van der Waals surface area contributed by atoms with Gasteiger partial charge in [-0.25, -0.2) is 0 Å². The number of hydrogen-bond acceptors (Lipinski definition) is 0. The fourth-order valence-electron chi connectivity index (χ4n) is 8.29. The van der Waals surface area contributed by atoms with Crippen LogP contribution < -0.4 is 0 Å². The lowest BCUT2D eigenvalue weighted by Gasteiger charge is -2.13. The zero-order chi connectivity index (χ0) is 32.1. The van der Waals surface area contributed by atoms with Gasteiger partial charge in [0.1, 0.15) is 5.65 Å². The molecule has 49 heavy (non-hydrogen) atoms. The predicted octanol–water partition coefficient (Wildman–Crippen LogP) is 12.1. The maximum Gasteiger partial charge on any atom is 0.131 e. The van der Waals surface area contributed by atoms with Crippen molar-refractivity contribution in [1.82, 2.24) is 13.5 Å². The fraction of sp³-hybridized carbons (Fsp3) is 0. The Morgan fingerprint density at radius 2 is 0.714 bits per heavy atom. The monoisotopic (exact) mass is 623 g/mol. The van der Waals surface area contributed by atoms with Gasteiger partial charge < -0.3 is 4.57 Å². The maximum absolute atomic E-state index is 2.48. The van der Waals surface area contributed by atoms with Gasteiger partial charge in [-0.3, -0.25) is 8.97 Å². The second-order valence-corrected chi connectivity index (χ2v) is 13.0. The van der Waals surface area contributed by atoms with Gasteiger partial charge in [0.05, 0.1) is 27.6 Å². The minimum Gasteiger partial charge on any atom is -0.309 e. The predicted molar refractivity (Wildman–Crippen MR) is 207 cm³/mol. The molecule has 0 spiro atoms. The van der Waals surface area contributed by atoms with Gasteiger partial charge in [0.2, 0.25) is 0 Å². The van der Waals surface area contributed by atoms with E-state index in [0.29, 0.717) is 0 Å². The lowest BCUT2D eigenvalue weighted by atomic mass is 10.0. The van der Waals surface area contributed by atoms with Gasteiger partial charge in [-0.2, -0.15) is 0 Å². The van der Waals surface area contributed by atoms with Crippen molar-refractivity contribution in [3.8, 4) is 22.5 Å². The standard InChI is InChI=1S/C46H29N3/c1-3-13-32(14-4-1)47-41-21-11-10-20-37(41)38-27-30(23-25-43(38)47)31-24-26-44-39(28-31)40-29-45-36-19-8-7-17-34(36)35-18-9-12-22-42(35)49(45)46(40)48(44)33-15-5-2-6-16-33/h1-29H. The van der Waals surface area contributed by atoms with E-state index in [4.69, 9.17) is 0 Å². The molecule has 0 amide bonds. The van der Waals surface area contributed by atoms with E-state index in [1.807, 2.05) is 0 Å². The molecule has 3 heteroatoms. The van der Waals surface area contributed by atoms with E-state index < -0.39 is 0 Å². The highest BCUT2D eigenvalue weighted by molar-refractivity contribution is 6.20. The van der Waals surface area contributed by atoms with Crippen molar-refractivity contribution in [2.24, 2.45) is 0 Å². The first-order valence-electron chi connectivity index (χ1n) is 16.9. The zero-order valence-electron chi connectivity index (χ0n) is 26.6. The minimum atomic E-state index is 1.16. The third-order valence-electron chi connectivity index (χ3n) is 10.4. The van der Waals surface area contributed by atoms with Crippen LogP contribution in [0.4, 0.5) is 0 Å². The first kappa shape index (κ1) is 26.5. The van der Waals surface area contributed by atoms with Gasteiger partial charge >= 0.3 is 0 Å². The van der Waals surface area contributed by atoms with Crippen LogP contribution >= 0.6 is 0 Å². The molecule has 7 aromatic carbocycles. The molecule has 228 valence electrons. The van der Waals surface area contributed by atoms with Crippen LogP contribution in [0.5, 0.6) is 0 Å². The van der Waals surface area contributed by atoms with E-state index >= 15 is 0 Å². The largest absolute Gasteiger partial charge is 0.309 e. The van der Waals surface area contributed by atoms with Gasteiger partial charge in [0, 0.05) is 43.7 Å². The summed E-state index contributed by atoms with van der Waals surface area (Å²) in [5.74, 6) is 0. The van der Waals surface area contributed by atoms with Crippen molar-refractivity contribution in [2.45, 2.75) is 0 Å². The molecule has 0 fully saturated rings. The van der Waals surface area contributed by atoms with Crippen LogP contribution in [-0.4, -0.2) is 13.5 Å². The van der Waals surface area contributed by atoms with E-state index in [2.05, 4.69) is 189 Å². The number of benzene rings is 7. The number of nitrogens with zero attached hydrogens (tertiary/aromatic N) is 3. The number of rotatable bonds is 3. The molecule has 11 rings (SSSR count). The maximum atomic E-state index is 2.48. The second kappa shape index (κ2) is 9.96. The smallest absolute Gasteiger partial charge is 0.131 e. The first-order chi connectivity index (χ1) is 24.3. The zero-order valence-corrected chi connectivity index (χ0v) is 26.6. The van der Waals surface area contributed by atoms with E-state index in [1.165, 1.54) is 87.7 Å². The van der Waals surface area contributed by atoms with Crippen LogP contribution in [0.3, 0.4) is 0 Å². The summed E-state index contributed by atoms with van der Waals surface area (Å²) in [5.41, 5.74) is 12.0. The molecule has 0 bridgehead atoms. The average Bonchev–Trinajstić information content (AvgIpc) is 3.82. The van der Waals surface area contributed by atoms with Crippen LogP contribution in [0.1, 0.15) is 0 Å². The topological polar surface area (TPSA) is 14.3 Å². The third-order valence-corrected chi connectivity index (χ3v) is 10.4. The Bertz CT molecular complexity index is 3090. The van der Waals surface area contributed by atoms with Gasteiger partial charge in [-0.1, -0.05) is 109 Å². The van der Waals surface area contributed by atoms with Gasteiger partial charge in [0.25, 0.3) is 0 Å². The second-order valence-electron chi connectivity index (χ2n) is 13.0. The third kappa shape index (κ3) is 3.67. The van der Waals surface area contributed by atoms with Crippen molar-refractivity contribution < 1.29 is 0 Å². The molecule has 0 saturated heterocycles. The Morgan fingerprint density at radius 3 is 1.37 bits per heavy atom. The quantitative estimate of drug-likeness (QED) is 0.174. The van der Waals surface area contributed by atoms with Gasteiger partial charge in [0.15, 0.2) is 0 Å². The Hall–Kier alpha value is -6.58. The summed E-state index contributed by atoms with van der Waals surface area (Å²) in [5, 5.41) is 8.84. The highest BCUT2D eigenvalue weighted by atomic mass is 15.1. The molecule has 0 saturated carbocycles. The SMILES string of the molecule is c1ccc(-n2c3ccccc3c3cc(-c4ccc5c(c4)c4cc6c7ccccc7c7ccccc7n6c4n5-c4ccccc4)ccc32)cc1. The van der Waals surface area contributed by atoms with Crippen molar-refractivity contribution in [2.75, 3.05) is 0 Å². The molecule has 0 N–H and O–H groups in total. The van der Waals surface area contributed by atoms with E-state index in [9.17, 15) is 0 Å². The summed E-state index contributed by atoms with van der Waals surface area (Å²) in [6.45, 7) is 0. The van der Waals surface area contributed by atoms with Crippen LogP contribution in [0.15, 0.2) is 176 Å². The lowest BCUT2D eigenvalue weighted by molar-refractivity contribution is 1.12. The van der Waals surface area contributed by atoms with E-state index in [1.54, 1.807) is 0 Å². The molecule has 0 aliphatic carbocycles. The average molecular weight is 624 g/mol. The highest BCUT2D eigenvalue weighted by Crippen LogP contribution is 2.42. The lowest BCUT2D eigenvalue weighted by Crippen LogP contribution is -1.99. The Balaban J connectivity index is 1.22. The normalized spacial score (nSPS) is 12.1. The minimum absolute atomic E-state index is 1.16. The van der Waals surface area contributed by atoms with Crippen LogP contribution in [0.25, 0.3) is 93.4 Å². The molecule has 0 aliphatic rings. The molecule has 0 radical (unpaired) electrons. The van der Waals surface area contributed by atoms with Crippen molar-refractivity contribution in [1.29, 1.82) is 0 Å². The van der Waals surface area contributed by atoms with E-state index in [-0.39, 0.29) is 0 Å². The number of fused-ring (bicyclic) bond motifs is 13. The van der Waals surface area contributed by atoms with E-state index in [0.717, 1.165) is 5.69 Å². The molecule has 0 aliphatic heterocycles. The summed E-state index contributed by atoms with van der Waals surface area (Å²) >= 11 is 0. The summed E-state index contributed by atoms with van der Waals surface area (Å²) in [4.78, 5) is 0. The van der Waals surface area contributed by atoms with Crippen molar-refractivity contribution in [3.05, 3.63) is 176 Å². The number of aromatic nitrogens is 3. The van der Waals surface area contributed by atoms with Crippen LogP contribution in [0.2, 0.25) is 0 Å². The molecule has 3 nitrogen and oxygen atoms in total. The summed E-state index contributed by atoms with van der Waals surface area (Å²) in [6, 6.07) is 64.2. The number of para-hydroxylation sites is 4. The number of pyridine rings is 1. The van der Waals surface area contributed by atoms with Crippen LogP contribution in [0, 0.1) is 0 Å². The Labute approximate surface area is 282 Å². The molecular formula is C46H29N3. The Kier molecular flexibility index (Phi) is 5.38. The van der Waals surface area contributed by atoms with Gasteiger partial charge in [-0.15, -0.1) is 0 Å². The van der Waals surface area contributed by atoms with Crippen molar-refractivity contribution in [3.63, 3.8) is 0 Å². The summed E-state index contributed by atoms with van der Waals surface area (Å²) in [6.07, 6.45) is 0. The number of hydrogen-bond donors (Lipinski definition) is 0. The van der Waals surface area contributed by atoms with Crippen molar-refractivity contribution >= 4 is 70.9 Å². The molecule has 4 aromatic heterocycles. The highest BCUT2D eigenvalue weighted by Gasteiger charge is 2.21. The van der Waals surface area contributed by atoms with Crippen LogP contribution in [-0.2, 0) is 0 Å². The molecular weight excluding hydrogens is 595 g/mol. The molecule has 11 aromatic rings. The van der Waals surface area contributed by atoms with Gasteiger partial charge in [-0.05, 0) is 83.2 Å². The molecule has 0 unspecified atom stereocenters. The summed E-state index contributed by atoms with van der Waals surface area (Å²) in [7, 11) is 0. The Morgan fingerprint density at radius 1 is 0.265 bits per heavy atom. The fourth-order valence-corrected chi connectivity index (χ4v) is 8.29.